The van der Waals surface area contributed by atoms with Crippen LogP contribution < -0.4 is 4.90 Å². The monoisotopic (exact) mass is 349 g/mol. The molecule has 1 amide bonds. The number of hydrogen-bond donors (Lipinski definition) is 0. The Morgan fingerprint density at radius 2 is 1.90 bits per heavy atom. The van der Waals surface area contributed by atoms with Gasteiger partial charge in [-0.25, -0.2) is 0 Å². The number of halogens is 1. The molecular weight excluding hydrogens is 330 g/mol. The Balaban J connectivity index is 2.02. The molecule has 0 saturated heterocycles. The second-order valence-corrected chi connectivity index (χ2v) is 7.33. The molecule has 3 nitrogen and oxygen atoms in total. The highest BCUT2D eigenvalue weighted by Crippen LogP contribution is 2.43. The maximum Gasteiger partial charge on any atom is 0.223 e. The number of rotatable bonds is 2. The van der Waals surface area contributed by atoms with Crippen molar-refractivity contribution in [3.8, 4) is 0 Å². The number of benzene rings is 1. The van der Waals surface area contributed by atoms with E-state index in [1.54, 1.807) is 11.8 Å². The number of carbonyl (C=O) groups is 2. The van der Waals surface area contributed by atoms with Crippen LogP contribution in [0.5, 0.6) is 0 Å². The zero-order valence-corrected chi connectivity index (χ0v) is 14.1. The molecule has 1 aliphatic carbocycles. The molecule has 112 valence electrons. The van der Waals surface area contributed by atoms with E-state index in [1.165, 1.54) is 0 Å². The van der Waals surface area contributed by atoms with Gasteiger partial charge in [-0.15, -0.1) is 0 Å². The molecule has 21 heavy (non-hydrogen) atoms. The van der Waals surface area contributed by atoms with Crippen LogP contribution in [0.3, 0.4) is 0 Å². The average Bonchev–Trinajstić information content (AvgIpc) is 3.03. The lowest BCUT2D eigenvalue weighted by Gasteiger charge is -2.23. The fraction of sp³-hybridized carbons (Fsp3) is 0.529. The van der Waals surface area contributed by atoms with Gasteiger partial charge in [0.1, 0.15) is 0 Å². The first-order valence-electron chi connectivity index (χ1n) is 7.58. The van der Waals surface area contributed by atoms with Crippen LogP contribution in [0.25, 0.3) is 0 Å². The highest BCUT2D eigenvalue weighted by atomic mass is 79.9. The van der Waals surface area contributed by atoms with E-state index in [2.05, 4.69) is 22.9 Å². The molecule has 0 spiro atoms. The van der Waals surface area contributed by atoms with Gasteiger partial charge in [0.25, 0.3) is 0 Å². The van der Waals surface area contributed by atoms with Gasteiger partial charge in [-0.2, -0.15) is 0 Å². The molecule has 0 radical (unpaired) electrons. The van der Waals surface area contributed by atoms with E-state index in [-0.39, 0.29) is 17.1 Å². The summed E-state index contributed by atoms with van der Waals surface area (Å²) in [7, 11) is 0. The van der Waals surface area contributed by atoms with E-state index >= 15 is 0 Å². The number of hydrogen-bond acceptors (Lipinski definition) is 2. The first-order chi connectivity index (χ1) is 9.92. The van der Waals surface area contributed by atoms with Crippen LogP contribution in [-0.2, 0) is 11.2 Å². The number of nitrogens with zero attached hydrogens (tertiary/aromatic N) is 1. The van der Waals surface area contributed by atoms with Crippen LogP contribution in [0.4, 0.5) is 5.69 Å². The Hall–Kier alpha value is -1.16. The van der Waals surface area contributed by atoms with Crippen molar-refractivity contribution in [1.29, 1.82) is 0 Å². The topological polar surface area (TPSA) is 37.4 Å². The van der Waals surface area contributed by atoms with Crippen molar-refractivity contribution in [3.63, 3.8) is 0 Å². The molecule has 1 fully saturated rings. The molecule has 1 heterocycles. The minimum absolute atomic E-state index is 0.0431. The molecule has 0 bridgehead atoms. The molecule has 1 aromatic rings. The summed E-state index contributed by atoms with van der Waals surface area (Å²) in [6.07, 6.45) is 5.05. The summed E-state index contributed by atoms with van der Waals surface area (Å²) >= 11 is 3.55. The van der Waals surface area contributed by atoms with Crippen molar-refractivity contribution in [2.75, 3.05) is 11.4 Å². The zero-order chi connectivity index (χ0) is 15.2. The Labute approximate surface area is 133 Å². The molecule has 0 N–H and O–H groups in total. The number of Topliss-reactive ketones (excluding diaryl/α,β-unsaturated/α-hetero) is 1. The molecule has 1 aromatic carbocycles. The smallest absolute Gasteiger partial charge is 0.223 e. The Morgan fingerprint density at radius 3 is 2.52 bits per heavy atom. The predicted molar refractivity (Wildman–Crippen MR) is 86.8 cm³/mol. The first kappa shape index (κ1) is 14.8. The van der Waals surface area contributed by atoms with Gasteiger partial charge in [0.05, 0.1) is 0 Å². The Kier molecular flexibility index (Phi) is 3.68. The van der Waals surface area contributed by atoms with Crippen LogP contribution in [0, 0.1) is 5.41 Å². The number of anilines is 1. The van der Waals surface area contributed by atoms with E-state index < -0.39 is 0 Å². The lowest BCUT2D eigenvalue weighted by molar-refractivity contribution is -0.116. The molecule has 0 atom stereocenters. The second kappa shape index (κ2) is 5.24. The average molecular weight is 350 g/mol. The molecule has 4 heteroatoms. The summed E-state index contributed by atoms with van der Waals surface area (Å²) in [4.78, 5) is 26.4. The Bertz CT molecular complexity index is 617. The zero-order valence-electron chi connectivity index (χ0n) is 12.5. The van der Waals surface area contributed by atoms with Gasteiger partial charge in [0, 0.05) is 34.6 Å². The van der Waals surface area contributed by atoms with Crippen LogP contribution >= 0.6 is 15.9 Å². The number of ketones is 1. The van der Waals surface area contributed by atoms with Crippen molar-refractivity contribution < 1.29 is 9.59 Å². The third kappa shape index (κ3) is 2.44. The summed E-state index contributed by atoms with van der Waals surface area (Å²) < 4.78 is 0.866. The van der Waals surface area contributed by atoms with E-state index in [4.69, 9.17) is 0 Å². The minimum atomic E-state index is -0.240. The minimum Gasteiger partial charge on any atom is -0.312 e. The summed E-state index contributed by atoms with van der Waals surface area (Å²) in [5, 5.41) is 0. The molecule has 3 rings (SSSR count). The van der Waals surface area contributed by atoms with Crippen molar-refractivity contribution in [1.82, 2.24) is 0 Å². The van der Waals surface area contributed by atoms with Crippen molar-refractivity contribution in [3.05, 3.63) is 27.7 Å². The van der Waals surface area contributed by atoms with Crippen LogP contribution in [0.2, 0.25) is 0 Å². The fourth-order valence-corrected chi connectivity index (χ4v) is 4.19. The van der Waals surface area contributed by atoms with Gasteiger partial charge in [-0.1, -0.05) is 35.7 Å². The second-order valence-electron chi connectivity index (χ2n) is 6.48. The summed E-state index contributed by atoms with van der Waals surface area (Å²) in [6.45, 7) is 4.37. The quantitative estimate of drug-likeness (QED) is 0.753. The van der Waals surface area contributed by atoms with Gasteiger partial charge in [0.15, 0.2) is 5.78 Å². The number of carbonyl (C=O) groups excluding carboxylic acids is 2. The predicted octanol–water partition coefficient (Wildman–Crippen LogP) is 4.12. The van der Waals surface area contributed by atoms with E-state index in [0.717, 1.165) is 53.4 Å². The van der Waals surface area contributed by atoms with Crippen molar-refractivity contribution in [2.45, 2.75) is 46.0 Å². The van der Waals surface area contributed by atoms with E-state index in [9.17, 15) is 9.59 Å². The standard InChI is InChI=1S/C17H20BrNO2/c1-11(20)19-8-5-12-9-14(18)13(10-15(12)19)16(21)17(2)6-3-4-7-17/h9-10H,3-8H2,1-2H3. The normalized spacial score (nSPS) is 19.7. The largest absolute Gasteiger partial charge is 0.312 e. The third-order valence-corrected chi connectivity index (χ3v) is 5.60. The molecular formula is C17H20BrNO2. The lowest BCUT2D eigenvalue weighted by atomic mass is 9.80. The maximum atomic E-state index is 12.9. The number of amides is 1. The highest BCUT2D eigenvalue weighted by molar-refractivity contribution is 9.10. The maximum absolute atomic E-state index is 12.9. The summed E-state index contributed by atoms with van der Waals surface area (Å²) in [6, 6.07) is 3.93. The fourth-order valence-electron chi connectivity index (χ4n) is 3.62. The SMILES string of the molecule is CC(=O)N1CCc2cc(Br)c(C(=O)C3(C)CCCC3)cc21. The van der Waals surface area contributed by atoms with E-state index in [0.29, 0.717) is 6.54 Å². The molecule has 2 aliphatic rings. The van der Waals surface area contributed by atoms with Gasteiger partial charge in [-0.05, 0) is 37.0 Å². The van der Waals surface area contributed by atoms with Gasteiger partial charge in [0.2, 0.25) is 5.91 Å². The van der Waals surface area contributed by atoms with Crippen LogP contribution in [-0.4, -0.2) is 18.2 Å². The van der Waals surface area contributed by atoms with E-state index in [1.807, 2.05) is 12.1 Å². The van der Waals surface area contributed by atoms with Gasteiger partial charge < -0.3 is 4.90 Å². The summed E-state index contributed by atoms with van der Waals surface area (Å²) in [5.74, 6) is 0.256. The Morgan fingerprint density at radius 1 is 1.24 bits per heavy atom. The lowest BCUT2D eigenvalue weighted by Crippen LogP contribution is -2.27. The van der Waals surface area contributed by atoms with Crippen LogP contribution in [0.1, 0.15) is 55.5 Å². The molecule has 0 unspecified atom stereocenters. The number of fused-ring (bicyclic) bond motifs is 1. The highest BCUT2D eigenvalue weighted by Gasteiger charge is 2.38. The van der Waals surface area contributed by atoms with Gasteiger partial charge >= 0.3 is 0 Å². The third-order valence-electron chi connectivity index (χ3n) is 4.94. The van der Waals surface area contributed by atoms with Crippen molar-refractivity contribution in [2.24, 2.45) is 5.41 Å². The van der Waals surface area contributed by atoms with Gasteiger partial charge in [-0.3, -0.25) is 9.59 Å². The summed E-state index contributed by atoms with van der Waals surface area (Å²) in [5.41, 5.74) is 2.54. The molecule has 1 saturated carbocycles. The molecule has 1 aliphatic heterocycles. The molecule has 0 aromatic heterocycles. The van der Waals surface area contributed by atoms with Crippen molar-refractivity contribution >= 4 is 33.3 Å². The first-order valence-corrected chi connectivity index (χ1v) is 8.37. The van der Waals surface area contributed by atoms with Crippen LogP contribution in [0.15, 0.2) is 16.6 Å².